The first-order chi connectivity index (χ1) is 9.74. The summed E-state index contributed by atoms with van der Waals surface area (Å²) < 4.78 is 0. The molecule has 1 heteroatoms. The van der Waals surface area contributed by atoms with Crippen LogP contribution in [0.25, 0.3) is 32.6 Å². The number of pyridine rings is 1. The fraction of sp³-hybridized carbons (Fsp3) is 0.105. The van der Waals surface area contributed by atoms with E-state index in [1.54, 1.807) is 0 Å². The largest absolute Gasteiger partial charge is 0.247 e. The van der Waals surface area contributed by atoms with E-state index in [1.807, 2.05) is 6.07 Å². The van der Waals surface area contributed by atoms with Gasteiger partial charge >= 0.3 is 0 Å². The maximum absolute atomic E-state index is 4.91. The summed E-state index contributed by atoms with van der Waals surface area (Å²) in [6.45, 7) is 4.35. The quantitative estimate of drug-likeness (QED) is 0.313. The fourth-order valence-electron chi connectivity index (χ4n) is 2.93. The smallest absolute Gasteiger partial charge is 0.0790 e. The minimum absolute atomic E-state index is 1.06. The molecule has 4 rings (SSSR count). The zero-order valence-electron chi connectivity index (χ0n) is 11.6. The van der Waals surface area contributed by atoms with E-state index >= 15 is 0 Å². The first kappa shape index (κ1) is 11.4. The van der Waals surface area contributed by atoms with E-state index in [4.69, 9.17) is 4.98 Å². The summed E-state index contributed by atoms with van der Waals surface area (Å²) in [5.74, 6) is 0. The SMILES string of the molecule is Cc1ccc2ccc3cc4ccccc4nc3c2c1C. The Balaban J connectivity index is 2.28. The van der Waals surface area contributed by atoms with Crippen LogP contribution in [0.4, 0.5) is 0 Å². The van der Waals surface area contributed by atoms with Gasteiger partial charge in [-0.2, -0.15) is 0 Å². The molecule has 0 spiro atoms. The minimum atomic E-state index is 1.06. The highest BCUT2D eigenvalue weighted by atomic mass is 14.7. The van der Waals surface area contributed by atoms with Crippen LogP contribution in [0.5, 0.6) is 0 Å². The molecule has 0 N–H and O–H groups in total. The summed E-state index contributed by atoms with van der Waals surface area (Å²) >= 11 is 0. The lowest BCUT2D eigenvalue weighted by Gasteiger charge is -2.10. The summed E-state index contributed by atoms with van der Waals surface area (Å²) in [5, 5.41) is 4.96. The second kappa shape index (κ2) is 4.04. The van der Waals surface area contributed by atoms with Gasteiger partial charge in [-0.05, 0) is 42.5 Å². The molecule has 0 radical (unpaired) electrons. The van der Waals surface area contributed by atoms with Crippen molar-refractivity contribution in [1.29, 1.82) is 0 Å². The number of aryl methyl sites for hydroxylation is 2. The van der Waals surface area contributed by atoms with Crippen LogP contribution in [0.15, 0.2) is 54.6 Å². The van der Waals surface area contributed by atoms with Gasteiger partial charge in [-0.25, -0.2) is 4.98 Å². The molecule has 0 unspecified atom stereocenters. The van der Waals surface area contributed by atoms with Gasteiger partial charge in [0.25, 0.3) is 0 Å². The lowest BCUT2D eigenvalue weighted by molar-refractivity contribution is 1.38. The normalized spacial score (nSPS) is 11.5. The van der Waals surface area contributed by atoms with Crippen LogP contribution in [-0.2, 0) is 0 Å². The van der Waals surface area contributed by atoms with Crippen LogP contribution < -0.4 is 0 Å². The molecular formula is C19H15N. The van der Waals surface area contributed by atoms with Crippen LogP contribution >= 0.6 is 0 Å². The first-order valence-electron chi connectivity index (χ1n) is 6.92. The second-order valence-corrected chi connectivity index (χ2v) is 5.42. The highest BCUT2D eigenvalue weighted by Crippen LogP contribution is 2.30. The maximum Gasteiger partial charge on any atom is 0.0790 e. The number of benzene rings is 3. The van der Waals surface area contributed by atoms with Gasteiger partial charge in [-0.3, -0.25) is 0 Å². The van der Waals surface area contributed by atoms with Gasteiger partial charge in [0.15, 0.2) is 0 Å². The molecule has 1 heterocycles. The Morgan fingerprint density at radius 3 is 2.40 bits per heavy atom. The lowest BCUT2D eigenvalue weighted by Crippen LogP contribution is -1.89. The van der Waals surface area contributed by atoms with Gasteiger partial charge in [-0.15, -0.1) is 0 Å². The molecule has 1 aromatic heterocycles. The summed E-state index contributed by atoms with van der Waals surface area (Å²) in [7, 11) is 0. The number of hydrogen-bond acceptors (Lipinski definition) is 1. The van der Waals surface area contributed by atoms with E-state index in [9.17, 15) is 0 Å². The number of para-hydroxylation sites is 1. The van der Waals surface area contributed by atoms with E-state index in [-0.39, 0.29) is 0 Å². The Morgan fingerprint density at radius 2 is 1.50 bits per heavy atom. The van der Waals surface area contributed by atoms with E-state index < -0.39 is 0 Å². The lowest BCUT2D eigenvalue weighted by atomic mass is 9.97. The Morgan fingerprint density at radius 1 is 0.750 bits per heavy atom. The van der Waals surface area contributed by atoms with Crippen LogP contribution in [0, 0.1) is 13.8 Å². The first-order valence-corrected chi connectivity index (χ1v) is 6.92. The average molecular weight is 257 g/mol. The van der Waals surface area contributed by atoms with Crippen molar-refractivity contribution >= 4 is 32.6 Å². The number of rotatable bonds is 0. The molecule has 0 amide bonds. The van der Waals surface area contributed by atoms with Crippen molar-refractivity contribution in [1.82, 2.24) is 4.98 Å². The summed E-state index contributed by atoms with van der Waals surface area (Å²) in [5.41, 5.74) is 4.83. The summed E-state index contributed by atoms with van der Waals surface area (Å²) in [4.78, 5) is 4.91. The van der Waals surface area contributed by atoms with Crippen LogP contribution in [0.2, 0.25) is 0 Å². The van der Waals surface area contributed by atoms with Gasteiger partial charge in [0.2, 0.25) is 0 Å². The minimum Gasteiger partial charge on any atom is -0.247 e. The highest BCUT2D eigenvalue weighted by Gasteiger charge is 2.07. The molecule has 0 saturated heterocycles. The van der Waals surface area contributed by atoms with Crippen molar-refractivity contribution in [2.75, 3.05) is 0 Å². The van der Waals surface area contributed by atoms with E-state index in [0.29, 0.717) is 0 Å². The van der Waals surface area contributed by atoms with Crippen molar-refractivity contribution in [2.24, 2.45) is 0 Å². The number of fused-ring (bicyclic) bond motifs is 4. The van der Waals surface area contributed by atoms with Crippen molar-refractivity contribution < 1.29 is 0 Å². The molecular weight excluding hydrogens is 242 g/mol. The van der Waals surface area contributed by atoms with E-state index in [0.717, 1.165) is 11.0 Å². The van der Waals surface area contributed by atoms with Crippen LogP contribution in [0.3, 0.4) is 0 Å². The molecule has 3 aromatic carbocycles. The number of nitrogens with zero attached hydrogens (tertiary/aromatic N) is 1. The molecule has 4 aromatic rings. The van der Waals surface area contributed by atoms with Crippen molar-refractivity contribution in [3.63, 3.8) is 0 Å². The Labute approximate surface area is 117 Å². The Bertz CT molecular complexity index is 967. The van der Waals surface area contributed by atoms with Gasteiger partial charge in [0.05, 0.1) is 11.0 Å². The molecule has 20 heavy (non-hydrogen) atoms. The molecule has 0 aliphatic carbocycles. The molecule has 1 nitrogen and oxygen atoms in total. The third-order valence-corrected chi connectivity index (χ3v) is 4.20. The van der Waals surface area contributed by atoms with Gasteiger partial charge < -0.3 is 0 Å². The average Bonchev–Trinajstić information content (AvgIpc) is 2.48. The van der Waals surface area contributed by atoms with E-state index in [2.05, 4.69) is 62.4 Å². The van der Waals surface area contributed by atoms with Crippen LogP contribution in [0.1, 0.15) is 11.1 Å². The highest BCUT2D eigenvalue weighted by molar-refractivity contribution is 6.10. The molecule has 96 valence electrons. The zero-order chi connectivity index (χ0) is 13.7. The monoisotopic (exact) mass is 257 g/mol. The van der Waals surface area contributed by atoms with Crippen molar-refractivity contribution in [2.45, 2.75) is 13.8 Å². The summed E-state index contributed by atoms with van der Waals surface area (Å²) in [6, 6.07) is 19.3. The molecule has 0 bridgehead atoms. The Hall–Kier alpha value is -2.41. The third kappa shape index (κ3) is 1.53. The predicted octanol–water partition coefficient (Wildman–Crippen LogP) is 5.16. The molecule has 0 saturated carbocycles. The third-order valence-electron chi connectivity index (χ3n) is 4.20. The topological polar surface area (TPSA) is 12.9 Å². The van der Waals surface area contributed by atoms with Gasteiger partial charge in [0.1, 0.15) is 0 Å². The Kier molecular flexibility index (Phi) is 2.31. The van der Waals surface area contributed by atoms with E-state index in [1.165, 1.54) is 32.7 Å². The number of hydrogen-bond donors (Lipinski definition) is 0. The zero-order valence-corrected chi connectivity index (χ0v) is 11.6. The van der Waals surface area contributed by atoms with Gasteiger partial charge in [0, 0.05) is 16.2 Å². The number of aromatic nitrogens is 1. The molecule has 0 fully saturated rings. The maximum atomic E-state index is 4.91. The fourth-order valence-corrected chi connectivity index (χ4v) is 2.93. The molecule has 0 atom stereocenters. The molecule has 0 aliphatic rings. The van der Waals surface area contributed by atoms with Crippen molar-refractivity contribution in [3.8, 4) is 0 Å². The second-order valence-electron chi connectivity index (χ2n) is 5.42. The standard InChI is InChI=1S/C19H15N/c1-12-7-8-14-9-10-16-11-15-5-3-4-6-17(15)20-19(16)18(14)13(12)2/h3-11H,1-2H3. The van der Waals surface area contributed by atoms with Gasteiger partial charge in [-0.1, -0.05) is 42.5 Å². The molecule has 0 aliphatic heterocycles. The predicted molar refractivity (Wildman–Crippen MR) is 86.2 cm³/mol. The van der Waals surface area contributed by atoms with Crippen molar-refractivity contribution in [3.05, 3.63) is 65.7 Å². The van der Waals surface area contributed by atoms with Crippen LogP contribution in [-0.4, -0.2) is 4.98 Å². The summed E-state index contributed by atoms with van der Waals surface area (Å²) in [6.07, 6.45) is 0.